The Bertz CT molecular complexity index is 333. The second-order valence-electron chi connectivity index (χ2n) is 2.81. The van der Waals surface area contributed by atoms with Crippen LogP contribution in [-0.4, -0.2) is 0 Å². The maximum absolute atomic E-state index is 2.39. The quantitative estimate of drug-likeness (QED) is 0.631. The summed E-state index contributed by atoms with van der Waals surface area (Å²) in [5, 5.41) is 0. The molecule has 0 amide bonds. The van der Waals surface area contributed by atoms with Gasteiger partial charge in [-0.1, -0.05) is 0 Å². The molecule has 0 N–H and O–H groups in total. The van der Waals surface area contributed by atoms with E-state index in [-0.39, 0.29) is 21.2 Å². The number of allylic oxidation sites excluding steroid dienone is 2. The van der Waals surface area contributed by atoms with E-state index < -0.39 is 0 Å². The van der Waals surface area contributed by atoms with E-state index in [1.165, 1.54) is 16.7 Å². The van der Waals surface area contributed by atoms with Gasteiger partial charge in [-0.15, -0.1) is 0 Å². The molecule has 62 valence electrons. The molecule has 1 aromatic rings. The van der Waals surface area contributed by atoms with Gasteiger partial charge in [0, 0.05) is 0 Å². The summed E-state index contributed by atoms with van der Waals surface area (Å²) in [6.07, 6.45) is 0. The molecule has 0 nitrogen and oxygen atoms in total. The molecule has 0 radical (unpaired) electrons. The maximum atomic E-state index is 2.39. The number of benzene rings is 1. The topological polar surface area (TPSA) is 0 Å². The van der Waals surface area contributed by atoms with Crippen molar-refractivity contribution in [2.75, 3.05) is 0 Å². The Kier molecular flexibility index (Phi) is 2.30. The van der Waals surface area contributed by atoms with Crippen LogP contribution in [0.4, 0.5) is 0 Å². The Morgan fingerprint density at radius 1 is 1.00 bits per heavy atom. The first kappa shape index (κ1) is 8.05. The van der Waals surface area contributed by atoms with Gasteiger partial charge < -0.3 is 0 Å². The van der Waals surface area contributed by atoms with Crippen LogP contribution in [0.2, 0.25) is 0 Å². The van der Waals surface area contributed by atoms with E-state index in [1.54, 1.807) is 0 Å². The van der Waals surface area contributed by atoms with E-state index in [2.05, 4.69) is 45.4 Å². The first-order chi connectivity index (χ1) is 5.88. The van der Waals surface area contributed by atoms with E-state index in [1.807, 2.05) is 0 Å². The van der Waals surface area contributed by atoms with Crippen LogP contribution in [0.5, 0.6) is 0 Å². The fraction of sp³-hybridized carbons (Fsp3) is 0.0909. The molecule has 0 atom stereocenters. The number of halogens is 1. The van der Waals surface area contributed by atoms with Gasteiger partial charge in [-0.2, -0.15) is 0 Å². The number of rotatable bonds is 1. The van der Waals surface area contributed by atoms with Crippen molar-refractivity contribution in [1.29, 1.82) is 0 Å². The third kappa shape index (κ3) is 1.46. The average Bonchev–Trinajstić information content (AvgIpc) is 2.53. The first-order valence-corrected chi connectivity index (χ1v) is 6.42. The van der Waals surface area contributed by atoms with Crippen molar-refractivity contribution < 1.29 is 21.2 Å². The van der Waals surface area contributed by atoms with Gasteiger partial charge >= 0.3 is 83.3 Å². The first-order valence-electron chi connectivity index (χ1n) is 3.92. The summed E-state index contributed by atoms with van der Waals surface area (Å²) < 4.78 is 4.77. The molecular weight excluding hydrogens is 259 g/mol. The number of hydrogen-bond acceptors (Lipinski definition) is 0. The zero-order valence-corrected chi connectivity index (χ0v) is 9.08. The van der Waals surface area contributed by atoms with Crippen LogP contribution >= 0.6 is 0 Å². The molecule has 12 heavy (non-hydrogen) atoms. The van der Waals surface area contributed by atoms with Gasteiger partial charge in [-0.05, 0) is 0 Å². The van der Waals surface area contributed by atoms with Crippen LogP contribution in [-0.2, 0) is 0 Å². The zero-order valence-electron chi connectivity index (χ0n) is 6.92. The third-order valence-electron chi connectivity index (χ3n) is 1.91. The summed E-state index contributed by atoms with van der Waals surface area (Å²) in [5.41, 5.74) is 4.26. The van der Waals surface area contributed by atoms with E-state index >= 15 is 0 Å². The van der Waals surface area contributed by atoms with Crippen molar-refractivity contribution in [2.45, 2.75) is 6.92 Å². The molecule has 1 aliphatic rings. The molecule has 0 aliphatic carbocycles. The van der Waals surface area contributed by atoms with Crippen molar-refractivity contribution in [3.63, 3.8) is 0 Å². The van der Waals surface area contributed by atoms with Crippen molar-refractivity contribution in [3.8, 4) is 0 Å². The van der Waals surface area contributed by atoms with Crippen molar-refractivity contribution in [2.24, 2.45) is 0 Å². The second-order valence-corrected chi connectivity index (χ2v) is 4.77. The van der Waals surface area contributed by atoms with Gasteiger partial charge in [-0.25, -0.2) is 0 Å². The van der Waals surface area contributed by atoms with Crippen molar-refractivity contribution in [1.82, 2.24) is 0 Å². The third-order valence-corrected chi connectivity index (χ3v) is 4.18. The average molecular weight is 269 g/mol. The van der Waals surface area contributed by atoms with Gasteiger partial charge in [-0.3, -0.25) is 0 Å². The van der Waals surface area contributed by atoms with Crippen LogP contribution in [0.25, 0.3) is 5.57 Å². The monoisotopic (exact) mass is 269 g/mol. The van der Waals surface area contributed by atoms with E-state index in [9.17, 15) is 0 Å². The fourth-order valence-electron chi connectivity index (χ4n) is 1.24. The normalized spacial score (nSPS) is 16.4. The predicted molar refractivity (Wildman–Crippen MR) is 48.2 cm³/mol. The summed E-state index contributed by atoms with van der Waals surface area (Å²) in [4.78, 5) is 0. The summed E-state index contributed by atoms with van der Waals surface area (Å²) in [6, 6.07) is 10.6. The SMILES string of the molecule is CC1=C[I-]C=C1c1ccccc1. The molecule has 1 heteroatoms. The zero-order chi connectivity index (χ0) is 8.39. The molecule has 0 saturated heterocycles. The van der Waals surface area contributed by atoms with Crippen LogP contribution < -0.4 is 21.2 Å². The van der Waals surface area contributed by atoms with Crippen LogP contribution in [0.3, 0.4) is 0 Å². The van der Waals surface area contributed by atoms with Gasteiger partial charge in [0.1, 0.15) is 0 Å². The summed E-state index contributed by atoms with van der Waals surface area (Å²) >= 11 is 0.212. The molecule has 0 spiro atoms. The van der Waals surface area contributed by atoms with Crippen LogP contribution in [0.1, 0.15) is 12.5 Å². The van der Waals surface area contributed by atoms with E-state index in [0.29, 0.717) is 0 Å². The minimum atomic E-state index is 0.212. The fourth-order valence-corrected chi connectivity index (χ4v) is 3.51. The Morgan fingerprint density at radius 2 is 1.75 bits per heavy atom. The molecule has 2 rings (SSSR count). The molecule has 0 fully saturated rings. The predicted octanol–water partition coefficient (Wildman–Crippen LogP) is 0.0339. The van der Waals surface area contributed by atoms with Gasteiger partial charge in [0.2, 0.25) is 0 Å². The molecular formula is C11H10I-. The standard InChI is InChI=1S/C11H10I/c1-9-7-12-8-11(9)10-5-3-2-4-6-10/h2-8H,1H3/q-1. The summed E-state index contributed by atoms with van der Waals surface area (Å²) in [7, 11) is 0. The van der Waals surface area contributed by atoms with Gasteiger partial charge in [0.15, 0.2) is 0 Å². The van der Waals surface area contributed by atoms with Gasteiger partial charge in [0.05, 0.1) is 0 Å². The van der Waals surface area contributed by atoms with Crippen LogP contribution in [0.15, 0.2) is 44.1 Å². The Balaban J connectivity index is 2.39. The minimum absolute atomic E-state index is 0.212. The Morgan fingerprint density at radius 3 is 2.33 bits per heavy atom. The molecule has 1 heterocycles. The van der Waals surface area contributed by atoms with Gasteiger partial charge in [0.25, 0.3) is 0 Å². The molecule has 0 bridgehead atoms. The van der Waals surface area contributed by atoms with E-state index in [0.717, 1.165) is 0 Å². The summed E-state index contributed by atoms with van der Waals surface area (Å²) in [6.45, 7) is 2.20. The number of hydrogen-bond donors (Lipinski definition) is 0. The summed E-state index contributed by atoms with van der Waals surface area (Å²) in [5.74, 6) is 0. The second kappa shape index (κ2) is 3.44. The Hall–Kier alpha value is -0.570. The molecule has 1 aromatic carbocycles. The van der Waals surface area contributed by atoms with Crippen molar-refractivity contribution >= 4 is 5.57 Å². The van der Waals surface area contributed by atoms with Crippen molar-refractivity contribution in [3.05, 3.63) is 49.6 Å². The van der Waals surface area contributed by atoms with Crippen LogP contribution in [0, 0.1) is 0 Å². The molecule has 1 aliphatic heterocycles. The molecule has 0 aromatic heterocycles. The molecule has 0 unspecified atom stereocenters. The van der Waals surface area contributed by atoms with E-state index in [4.69, 9.17) is 0 Å². The Labute approximate surface area is 83.3 Å². The molecule has 0 saturated carbocycles.